The molecule has 143 heavy (non-hydrogen) atoms. The van der Waals surface area contributed by atoms with Gasteiger partial charge in [-0.1, -0.05) is 104 Å². The average Bonchev–Trinajstić information content (AvgIpc) is 0.783. The van der Waals surface area contributed by atoms with Crippen molar-refractivity contribution in [1.82, 2.24) is 54.7 Å². The maximum Gasteiger partial charge on any atom is 0.446 e. The topological polar surface area (TPSA) is 372 Å². The zero-order valence-corrected chi connectivity index (χ0v) is 86.0. The standard InChI is InChI=1S/C36H45N5O5S.C32H38N4O3S.C24H22FN3O3S.C12H24N2O2.C2HF3O.2CH4/c1-8-24-19-25(30-18-15-28(38-33(30)45-7)22-47(43,44)31-12-10-9-11-23(31)2)20-26-21-37-34(40-32(24)26)39-27-13-16-29(17-14-27)41(6)35(42)46-36(3,4)5;1-5-22-11-13-26(14-12-22)35-32-33-19-25-18-24(17-23(6-2)30(25)36-32)28-16-15-27(34-31(28)39-4)20-40(37,38)29-10-8-7-9-21(29)3;1-4-16-11-17(12-18-13-26-24(25)28-22(16)18)20-10-9-19(27-23(20)31-3)14-32(29,30)21-8-6-5-7-15(21)2;1-12(2,3)16-11(15)14(4)10-7-5-9(13)6-8-10;3-2(4,5)1-6;;/h9-12,15,18-21,27,29H,8,13-14,16-17,22H2,1-7H3,(H,37,39,40);7-10,15-19,22,26H,5-6,11-14,20H2,1-4H3,(H,33,35,36);5-13H,4,14H2,1-3H3;9-10H,5-8,13H2,1-4H3;1H;2*1H4. The molecule has 0 bridgehead atoms. The molecule has 770 valence electrons. The van der Waals surface area contributed by atoms with Gasteiger partial charge in [-0.05, 0) is 306 Å². The van der Waals surface area contributed by atoms with E-state index in [1.165, 1.54) is 39.7 Å². The van der Waals surface area contributed by atoms with Crippen LogP contribution in [0.15, 0.2) is 179 Å². The molecule has 0 aliphatic heterocycles. The van der Waals surface area contributed by atoms with Crippen LogP contribution in [-0.4, -0.2) is 181 Å². The van der Waals surface area contributed by atoms with E-state index in [4.69, 9.17) is 44.2 Å². The van der Waals surface area contributed by atoms with Crippen molar-refractivity contribution in [3.8, 4) is 51.0 Å². The fourth-order valence-electron chi connectivity index (χ4n) is 17.5. The van der Waals surface area contributed by atoms with Gasteiger partial charge in [0.1, 0.15) is 11.2 Å². The fraction of sp³-hybridized carbons (Fsp3) is 0.444. The van der Waals surface area contributed by atoms with E-state index in [0.29, 0.717) is 107 Å². The van der Waals surface area contributed by atoms with E-state index < -0.39 is 59.3 Å². The molecule has 6 heterocycles. The van der Waals surface area contributed by atoms with Crippen molar-refractivity contribution in [3.05, 3.63) is 221 Å². The molecule has 6 aromatic heterocycles. The van der Waals surface area contributed by atoms with Gasteiger partial charge in [-0.25, -0.2) is 79.7 Å². The molecule has 15 rings (SSSR count). The van der Waals surface area contributed by atoms with Gasteiger partial charge < -0.3 is 49.9 Å². The molecule has 6 aromatic carbocycles. The lowest BCUT2D eigenvalue weighted by molar-refractivity contribution is -0.156. The third-order valence-electron chi connectivity index (χ3n) is 25.1. The first-order valence-corrected chi connectivity index (χ1v) is 52.5. The number of fused-ring (bicyclic) bond motifs is 3. The quantitative estimate of drug-likeness (QED) is 0.0272. The number of aryl methyl sites for hydroxylation is 6. The fourth-order valence-corrected chi connectivity index (χ4v) is 22.2. The van der Waals surface area contributed by atoms with E-state index >= 15 is 0 Å². The second kappa shape index (κ2) is 50.2. The first-order chi connectivity index (χ1) is 66.8. The lowest BCUT2D eigenvalue weighted by Gasteiger charge is -2.35. The molecule has 2 amide bonds. The van der Waals surface area contributed by atoms with E-state index in [-0.39, 0.29) is 62.4 Å². The number of carbonyl (C=O) groups excluding carboxylic acids is 3. The van der Waals surface area contributed by atoms with Gasteiger partial charge >= 0.3 is 24.4 Å². The van der Waals surface area contributed by atoms with Gasteiger partial charge in [-0.3, -0.25) is 4.79 Å². The highest BCUT2D eigenvalue weighted by Gasteiger charge is 2.34. The Labute approximate surface area is 839 Å². The van der Waals surface area contributed by atoms with Crippen LogP contribution >= 0.6 is 0 Å². The molecule has 3 saturated carbocycles. The van der Waals surface area contributed by atoms with Gasteiger partial charge in [0.05, 0.1) is 86.9 Å². The second-order valence-corrected chi connectivity index (χ2v) is 43.7. The lowest BCUT2D eigenvalue weighted by Crippen LogP contribution is -2.44. The summed E-state index contributed by atoms with van der Waals surface area (Å²) >= 11 is 0. The Hall–Kier alpha value is -12.5. The molecule has 35 heteroatoms. The van der Waals surface area contributed by atoms with Gasteiger partial charge in [-0.15, -0.1) is 0 Å². The van der Waals surface area contributed by atoms with Crippen LogP contribution in [-0.2, 0) is 80.3 Å². The van der Waals surface area contributed by atoms with E-state index in [1.54, 1.807) is 123 Å². The number of anilines is 2. The van der Waals surface area contributed by atoms with E-state index in [1.807, 2.05) is 123 Å². The van der Waals surface area contributed by atoms with Crippen LogP contribution in [0.25, 0.3) is 66.1 Å². The number of nitrogens with one attached hydrogen (secondary N) is 2. The first kappa shape index (κ1) is 114. The van der Waals surface area contributed by atoms with Gasteiger partial charge in [0.25, 0.3) is 0 Å². The summed E-state index contributed by atoms with van der Waals surface area (Å²) in [6.07, 6.45) is 14.0. The number of aldehydes is 1. The Bertz CT molecular complexity index is 6770. The number of pyridine rings is 3. The Morgan fingerprint density at radius 1 is 0.441 bits per heavy atom. The van der Waals surface area contributed by atoms with Crippen molar-refractivity contribution < 1.29 is 80.9 Å². The number of ether oxygens (including phenoxy) is 5. The molecular weight excluding hydrogens is 1890 g/mol. The smallest absolute Gasteiger partial charge is 0.446 e. The SMILES string of the molecule is C.C.CCc1cc(-c2ccc(CS(=O)(=O)c3ccccc3C)nc2OC)cc2cnc(F)nc12.CCc1cc(-c2ccc(CS(=O)(=O)c3ccccc3C)nc2OC)cc2cnc(NC3CCC(CC)CC3)nc12.CCc1cc(-c2ccc(CS(=O)(=O)c3ccccc3C)nc2OC)cc2cnc(NC3CCC(N(C)C(=O)OC(C)(C)C)CC3)nc12.CN(C(=O)OC(C)(C)C)C1CCC(N)CC1.O=CC(F)(F)F. The van der Waals surface area contributed by atoms with Gasteiger partial charge in [0.15, 0.2) is 29.5 Å². The lowest BCUT2D eigenvalue weighted by atomic mass is 9.85. The summed E-state index contributed by atoms with van der Waals surface area (Å²) in [6, 6.07) is 45.0. The summed E-state index contributed by atoms with van der Waals surface area (Å²) in [7, 11) is -2.46. The van der Waals surface area contributed by atoms with Crippen LogP contribution < -0.4 is 30.6 Å². The first-order valence-electron chi connectivity index (χ1n) is 47.5. The highest BCUT2D eigenvalue weighted by atomic mass is 32.2. The molecule has 0 saturated heterocycles. The molecular formula is C108H138F4N14O14S3. The third kappa shape index (κ3) is 31.0. The predicted molar refractivity (Wildman–Crippen MR) is 555 cm³/mol. The summed E-state index contributed by atoms with van der Waals surface area (Å²) in [5.41, 5.74) is 18.6. The molecule has 0 atom stereocenters. The zero-order chi connectivity index (χ0) is 103. The van der Waals surface area contributed by atoms with Crippen LogP contribution in [0, 0.1) is 32.8 Å². The number of hydrogen-bond acceptors (Lipinski definition) is 26. The number of methoxy groups -OCH3 is 3. The molecule has 0 unspecified atom stereocenters. The monoisotopic (exact) mass is 2030 g/mol. The van der Waals surface area contributed by atoms with Gasteiger partial charge in [0, 0.05) is 95.7 Å². The largest absolute Gasteiger partial charge is 0.481 e. The van der Waals surface area contributed by atoms with Crippen molar-refractivity contribution in [1.29, 1.82) is 0 Å². The summed E-state index contributed by atoms with van der Waals surface area (Å²) in [5.74, 6) is 2.52. The minimum atomic E-state index is -4.64. The minimum Gasteiger partial charge on any atom is -0.481 e. The number of nitrogens with two attached hydrogens (primary N) is 1. The van der Waals surface area contributed by atoms with Crippen molar-refractivity contribution in [2.45, 2.75) is 287 Å². The number of rotatable bonds is 25. The second-order valence-electron chi connectivity index (χ2n) is 37.8. The molecule has 0 spiro atoms. The van der Waals surface area contributed by atoms with Crippen LogP contribution in [0.1, 0.15) is 218 Å². The number of carbonyl (C=O) groups is 3. The number of alkyl halides is 3. The highest BCUT2D eigenvalue weighted by Crippen LogP contribution is 2.40. The van der Waals surface area contributed by atoms with Crippen LogP contribution in [0.3, 0.4) is 0 Å². The Kier molecular flexibility index (Phi) is 40.0. The number of halogens is 4. The van der Waals surface area contributed by atoms with Crippen molar-refractivity contribution in [2.24, 2.45) is 11.7 Å². The third-order valence-corrected chi connectivity index (χ3v) is 30.5. The Morgan fingerprint density at radius 2 is 0.741 bits per heavy atom. The van der Waals surface area contributed by atoms with E-state index in [2.05, 4.69) is 78.4 Å². The van der Waals surface area contributed by atoms with Crippen molar-refractivity contribution in [3.63, 3.8) is 0 Å². The van der Waals surface area contributed by atoms with Crippen LogP contribution in [0.2, 0.25) is 0 Å². The number of sulfone groups is 3. The molecule has 0 radical (unpaired) electrons. The van der Waals surface area contributed by atoms with Gasteiger partial charge in [-0.2, -0.15) is 17.6 Å². The van der Waals surface area contributed by atoms with Crippen LogP contribution in [0.4, 0.5) is 39.0 Å². The predicted octanol–water partition coefficient (Wildman–Crippen LogP) is 22.9. The van der Waals surface area contributed by atoms with Crippen molar-refractivity contribution >= 4 is 92.6 Å². The molecule has 3 aliphatic rings. The average molecular weight is 2030 g/mol. The number of hydrogen-bond donors (Lipinski definition) is 3. The zero-order valence-electron chi connectivity index (χ0n) is 83.5. The Morgan fingerprint density at radius 3 is 1.03 bits per heavy atom. The number of aromatic nitrogens is 9. The summed E-state index contributed by atoms with van der Waals surface area (Å²) in [4.78, 5) is 77.7. The summed E-state index contributed by atoms with van der Waals surface area (Å²) in [6.45, 7) is 25.1. The number of nitrogens with zero attached hydrogens (tertiary/aromatic N) is 11. The molecule has 28 nitrogen and oxygen atoms in total. The van der Waals surface area contributed by atoms with Gasteiger partial charge in [0.2, 0.25) is 35.8 Å². The number of benzene rings is 6. The molecule has 4 N–H and O–H groups in total. The van der Waals surface area contributed by atoms with Crippen LogP contribution in [0.5, 0.6) is 17.6 Å². The molecule has 3 fully saturated rings. The molecule has 3 aliphatic carbocycles. The highest BCUT2D eigenvalue weighted by molar-refractivity contribution is 7.91. The normalized spacial score (nSPS) is 16.5. The molecule has 12 aromatic rings. The summed E-state index contributed by atoms with van der Waals surface area (Å²) < 4.78 is 151. The Balaban J connectivity index is 0.000000217. The maximum absolute atomic E-state index is 13.5. The number of amides is 2. The van der Waals surface area contributed by atoms with E-state index in [9.17, 15) is 52.4 Å². The maximum atomic E-state index is 13.5. The summed E-state index contributed by atoms with van der Waals surface area (Å²) in [5, 5.41) is 9.63. The minimum absolute atomic E-state index is 0. The van der Waals surface area contributed by atoms with E-state index in [0.717, 1.165) is 155 Å². The van der Waals surface area contributed by atoms with Crippen molar-refractivity contribution in [2.75, 3.05) is 46.1 Å².